The SMILES string of the molecule is NS(=O)(=O)c1ccc(N[C@@H](CC(=O)O)Cc2ccccc2)c(S(=O)(=O)C(F)(F)F)c1. The molecular formula is C17H17F3N2O6S2. The van der Waals surface area contributed by atoms with E-state index < -0.39 is 59.3 Å². The van der Waals surface area contributed by atoms with E-state index in [0.29, 0.717) is 11.6 Å². The molecule has 0 aromatic heterocycles. The largest absolute Gasteiger partial charge is 0.501 e. The lowest BCUT2D eigenvalue weighted by molar-refractivity contribution is -0.137. The summed E-state index contributed by atoms with van der Waals surface area (Å²) in [7, 11) is -10.5. The molecule has 0 heterocycles. The summed E-state index contributed by atoms with van der Waals surface area (Å²) in [5, 5.41) is 16.5. The first kappa shape index (κ1) is 23.6. The molecule has 0 saturated heterocycles. The average Bonchev–Trinajstić information content (AvgIpc) is 2.60. The monoisotopic (exact) mass is 466 g/mol. The zero-order valence-corrected chi connectivity index (χ0v) is 16.8. The number of nitrogens with one attached hydrogen (secondary N) is 1. The fourth-order valence-corrected chi connectivity index (χ4v) is 4.21. The van der Waals surface area contributed by atoms with Crippen molar-refractivity contribution in [2.24, 2.45) is 5.14 Å². The average molecular weight is 466 g/mol. The van der Waals surface area contributed by atoms with Gasteiger partial charge in [-0.05, 0) is 30.2 Å². The lowest BCUT2D eigenvalue weighted by atomic mass is 10.0. The highest BCUT2D eigenvalue weighted by atomic mass is 32.2. The summed E-state index contributed by atoms with van der Waals surface area (Å²) in [4.78, 5) is 8.97. The molecule has 0 bridgehead atoms. The zero-order chi connectivity index (χ0) is 22.7. The summed E-state index contributed by atoms with van der Waals surface area (Å²) in [6, 6.07) is 9.31. The quantitative estimate of drug-likeness (QED) is 0.541. The molecular weight excluding hydrogens is 449 g/mol. The third-order valence-corrected chi connectivity index (χ3v) is 6.42. The second-order valence-electron chi connectivity index (χ2n) is 6.28. The minimum Gasteiger partial charge on any atom is -0.481 e. The van der Waals surface area contributed by atoms with Gasteiger partial charge in [-0.25, -0.2) is 22.0 Å². The molecule has 13 heteroatoms. The number of sulfone groups is 1. The lowest BCUT2D eigenvalue weighted by Gasteiger charge is -2.21. The maximum absolute atomic E-state index is 13.1. The van der Waals surface area contributed by atoms with Crippen LogP contribution >= 0.6 is 0 Å². The first-order valence-electron chi connectivity index (χ1n) is 8.22. The summed E-state index contributed by atoms with van der Waals surface area (Å²) in [6.07, 6.45) is -0.493. The Morgan fingerprint density at radius 1 is 1.07 bits per heavy atom. The number of carboxylic acid groups (broad SMARTS) is 1. The van der Waals surface area contributed by atoms with E-state index in [1.165, 1.54) is 0 Å². The topological polar surface area (TPSA) is 144 Å². The van der Waals surface area contributed by atoms with Crippen LogP contribution in [0, 0.1) is 0 Å². The van der Waals surface area contributed by atoms with E-state index in [4.69, 9.17) is 10.2 Å². The van der Waals surface area contributed by atoms with E-state index in [1.54, 1.807) is 30.3 Å². The van der Waals surface area contributed by atoms with Crippen molar-refractivity contribution in [3.8, 4) is 0 Å². The van der Waals surface area contributed by atoms with E-state index in [-0.39, 0.29) is 6.42 Å². The number of primary sulfonamides is 1. The lowest BCUT2D eigenvalue weighted by Crippen LogP contribution is -2.29. The number of anilines is 1. The Morgan fingerprint density at radius 3 is 2.17 bits per heavy atom. The Kier molecular flexibility index (Phi) is 6.79. The van der Waals surface area contributed by atoms with E-state index in [2.05, 4.69) is 5.32 Å². The third kappa shape index (κ3) is 5.70. The van der Waals surface area contributed by atoms with E-state index >= 15 is 0 Å². The Bertz CT molecular complexity index is 1130. The number of hydrogen-bond donors (Lipinski definition) is 3. The molecule has 0 unspecified atom stereocenters. The highest BCUT2D eigenvalue weighted by Gasteiger charge is 2.48. The molecule has 164 valence electrons. The van der Waals surface area contributed by atoms with Gasteiger partial charge in [0.15, 0.2) is 0 Å². The van der Waals surface area contributed by atoms with Gasteiger partial charge in [-0.15, -0.1) is 0 Å². The smallest absolute Gasteiger partial charge is 0.481 e. The molecule has 0 saturated carbocycles. The predicted molar refractivity (Wildman–Crippen MR) is 101 cm³/mol. The first-order chi connectivity index (χ1) is 13.7. The van der Waals surface area contributed by atoms with Crippen LogP contribution in [0.5, 0.6) is 0 Å². The van der Waals surface area contributed by atoms with Gasteiger partial charge < -0.3 is 10.4 Å². The van der Waals surface area contributed by atoms with Gasteiger partial charge in [-0.1, -0.05) is 30.3 Å². The number of rotatable bonds is 8. The summed E-state index contributed by atoms with van der Waals surface area (Å²) in [6.45, 7) is 0. The van der Waals surface area contributed by atoms with Crippen LogP contribution in [-0.2, 0) is 31.1 Å². The van der Waals surface area contributed by atoms with Crippen molar-refractivity contribution >= 4 is 31.5 Å². The number of alkyl halides is 3. The van der Waals surface area contributed by atoms with E-state index in [0.717, 1.165) is 12.1 Å². The van der Waals surface area contributed by atoms with Crippen molar-refractivity contribution in [3.63, 3.8) is 0 Å². The normalized spacial score (nSPS) is 13.6. The van der Waals surface area contributed by atoms with Crippen molar-refractivity contribution in [1.82, 2.24) is 0 Å². The zero-order valence-electron chi connectivity index (χ0n) is 15.1. The molecule has 0 aliphatic rings. The number of carboxylic acids is 1. The highest BCUT2D eigenvalue weighted by Crippen LogP contribution is 2.36. The molecule has 0 spiro atoms. The number of carbonyl (C=O) groups is 1. The van der Waals surface area contributed by atoms with Gasteiger partial charge in [0.1, 0.15) is 4.90 Å². The van der Waals surface area contributed by atoms with Crippen molar-refractivity contribution in [2.75, 3.05) is 5.32 Å². The van der Waals surface area contributed by atoms with Crippen molar-refractivity contribution in [2.45, 2.75) is 34.2 Å². The number of aliphatic carboxylic acids is 1. The number of hydrogen-bond acceptors (Lipinski definition) is 6. The number of halogens is 3. The summed E-state index contributed by atoms with van der Waals surface area (Å²) in [5.41, 5.74) is -5.66. The van der Waals surface area contributed by atoms with E-state index in [1.807, 2.05) is 0 Å². The molecule has 4 N–H and O–H groups in total. The second-order valence-corrected chi connectivity index (χ2v) is 9.75. The fraction of sp³-hybridized carbons (Fsp3) is 0.235. The highest BCUT2D eigenvalue weighted by molar-refractivity contribution is 7.92. The van der Waals surface area contributed by atoms with Crippen LogP contribution in [-0.4, -0.2) is 39.5 Å². The Labute approximate surface area is 170 Å². The number of benzene rings is 2. The van der Waals surface area contributed by atoms with Gasteiger partial charge in [-0.3, -0.25) is 4.79 Å². The second kappa shape index (κ2) is 8.62. The van der Waals surface area contributed by atoms with Crippen LogP contribution in [0.1, 0.15) is 12.0 Å². The van der Waals surface area contributed by atoms with Crippen molar-refractivity contribution < 1.29 is 39.9 Å². The summed E-state index contributed by atoms with van der Waals surface area (Å²) >= 11 is 0. The molecule has 0 radical (unpaired) electrons. The van der Waals surface area contributed by atoms with Gasteiger partial charge in [0, 0.05) is 6.04 Å². The standard InChI is InChI=1S/C17H17F3N2O6S2/c18-17(19,20)29(25,26)15-10-13(30(21,27)28)6-7-14(15)22-12(9-16(23)24)8-11-4-2-1-3-5-11/h1-7,10,12,22H,8-9H2,(H,23,24)(H2,21,27,28)/t12-/m1/s1. The number of nitrogens with two attached hydrogens (primary N) is 1. The maximum Gasteiger partial charge on any atom is 0.501 e. The molecule has 0 amide bonds. The fourth-order valence-electron chi connectivity index (χ4n) is 2.65. The van der Waals surface area contributed by atoms with Crippen LogP contribution in [0.4, 0.5) is 18.9 Å². The van der Waals surface area contributed by atoms with Crippen LogP contribution in [0.2, 0.25) is 0 Å². The minimum atomic E-state index is -5.97. The van der Waals surface area contributed by atoms with Gasteiger partial charge >= 0.3 is 11.5 Å². The molecule has 2 rings (SSSR count). The molecule has 30 heavy (non-hydrogen) atoms. The van der Waals surface area contributed by atoms with Gasteiger partial charge in [0.25, 0.3) is 9.84 Å². The Balaban J connectivity index is 2.56. The molecule has 2 aromatic carbocycles. The summed E-state index contributed by atoms with van der Waals surface area (Å²) in [5.74, 6) is -1.27. The maximum atomic E-state index is 13.1. The van der Waals surface area contributed by atoms with E-state index in [9.17, 15) is 34.8 Å². The van der Waals surface area contributed by atoms with Gasteiger partial charge in [0.2, 0.25) is 10.0 Å². The molecule has 0 fully saturated rings. The molecule has 0 aliphatic carbocycles. The van der Waals surface area contributed by atoms with Gasteiger partial charge in [0.05, 0.1) is 17.0 Å². The Morgan fingerprint density at radius 2 is 1.67 bits per heavy atom. The Hall–Kier alpha value is -2.64. The molecule has 1 atom stereocenters. The van der Waals surface area contributed by atoms with Gasteiger partial charge in [-0.2, -0.15) is 13.2 Å². The van der Waals surface area contributed by atoms with Crippen LogP contribution < -0.4 is 10.5 Å². The van der Waals surface area contributed by atoms with Crippen LogP contribution in [0.3, 0.4) is 0 Å². The third-order valence-electron chi connectivity index (χ3n) is 3.98. The molecule has 8 nitrogen and oxygen atoms in total. The summed E-state index contributed by atoms with van der Waals surface area (Å²) < 4.78 is 86.4. The molecule has 0 aliphatic heterocycles. The predicted octanol–water partition coefficient (Wildman–Crippen LogP) is 2.13. The molecule has 2 aromatic rings. The van der Waals surface area contributed by atoms with Crippen molar-refractivity contribution in [1.29, 1.82) is 0 Å². The number of sulfonamides is 1. The first-order valence-corrected chi connectivity index (χ1v) is 11.2. The van der Waals surface area contributed by atoms with Crippen LogP contribution in [0.15, 0.2) is 58.3 Å². The van der Waals surface area contributed by atoms with Crippen LogP contribution in [0.25, 0.3) is 0 Å². The van der Waals surface area contributed by atoms with Crippen molar-refractivity contribution in [3.05, 3.63) is 54.1 Å². The minimum absolute atomic E-state index is 0.0512.